The van der Waals surface area contributed by atoms with E-state index in [-0.39, 0.29) is 12.6 Å². The van der Waals surface area contributed by atoms with Gasteiger partial charge >= 0.3 is 0 Å². The van der Waals surface area contributed by atoms with Crippen LogP contribution in [0.25, 0.3) is 11.3 Å². The standard InChI is InChI=1S/C18H10BrF2N3O3/c19-10-5-15-14(26-8-27-15)4-9(10)13-6-23-16(7-22-13)24-18(25)17-11(20)2-1-3-12(17)21/h1-7H,8H2,(H,23,24,25). The van der Waals surface area contributed by atoms with E-state index in [0.29, 0.717) is 22.8 Å². The van der Waals surface area contributed by atoms with Crippen LogP contribution in [0.5, 0.6) is 11.5 Å². The summed E-state index contributed by atoms with van der Waals surface area (Å²) in [5, 5.41) is 2.33. The zero-order valence-corrected chi connectivity index (χ0v) is 15.1. The van der Waals surface area contributed by atoms with Crippen LogP contribution in [0.2, 0.25) is 0 Å². The lowest BCUT2D eigenvalue weighted by atomic mass is 10.1. The molecule has 0 atom stereocenters. The second kappa shape index (κ2) is 6.92. The largest absolute Gasteiger partial charge is 0.454 e. The first-order chi connectivity index (χ1) is 13.0. The van der Waals surface area contributed by atoms with Gasteiger partial charge in [0, 0.05) is 10.0 Å². The van der Waals surface area contributed by atoms with Gasteiger partial charge in [0.2, 0.25) is 6.79 Å². The first-order valence-corrected chi connectivity index (χ1v) is 8.49. The molecule has 136 valence electrons. The Morgan fingerprint density at radius 2 is 1.78 bits per heavy atom. The van der Waals surface area contributed by atoms with Crippen molar-refractivity contribution in [3.05, 3.63) is 64.4 Å². The van der Waals surface area contributed by atoms with Gasteiger partial charge in [0.05, 0.1) is 18.1 Å². The summed E-state index contributed by atoms with van der Waals surface area (Å²) >= 11 is 3.44. The first kappa shape index (κ1) is 17.3. The summed E-state index contributed by atoms with van der Waals surface area (Å²) in [6.45, 7) is 0.147. The molecule has 1 aliphatic rings. The van der Waals surface area contributed by atoms with E-state index in [1.54, 1.807) is 12.1 Å². The lowest BCUT2D eigenvalue weighted by Crippen LogP contribution is -2.16. The van der Waals surface area contributed by atoms with Crippen molar-refractivity contribution >= 4 is 27.7 Å². The Balaban J connectivity index is 1.57. The van der Waals surface area contributed by atoms with E-state index in [2.05, 4.69) is 31.2 Å². The third-order valence-corrected chi connectivity index (χ3v) is 4.48. The number of anilines is 1. The second-order valence-electron chi connectivity index (χ2n) is 5.52. The minimum absolute atomic E-state index is 0.0586. The molecule has 1 aromatic heterocycles. The SMILES string of the molecule is O=C(Nc1cnc(-c2cc3c(cc2Br)OCO3)cn1)c1c(F)cccc1F. The Bertz CT molecular complexity index is 1020. The van der Waals surface area contributed by atoms with Gasteiger partial charge in [-0.05, 0) is 40.2 Å². The molecule has 1 amide bonds. The monoisotopic (exact) mass is 433 g/mol. The third kappa shape index (κ3) is 3.33. The molecule has 3 aromatic rings. The molecule has 0 saturated heterocycles. The average Bonchev–Trinajstić information content (AvgIpc) is 3.09. The van der Waals surface area contributed by atoms with Crippen molar-refractivity contribution < 1.29 is 23.0 Å². The molecule has 0 radical (unpaired) electrons. The maximum Gasteiger partial charge on any atom is 0.262 e. The molecule has 4 rings (SSSR count). The van der Waals surface area contributed by atoms with Gasteiger partial charge in [-0.15, -0.1) is 0 Å². The highest BCUT2D eigenvalue weighted by Gasteiger charge is 2.19. The van der Waals surface area contributed by atoms with Crippen LogP contribution >= 0.6 is 15.9 Å². The number of hydrogen-bond acceptors (Lipinski definition) is 5. The zero-order valence-electron chi connectivity index (χ0n) is 13.5. The number of aromatic nitrogens is 2. The van der Waals surface area contributed by atoms with E-state index in [1.807, 2.05) is 0 Å². The lowest BCUT2D eigenvalue weighted by molar-refractivity contribution is 0.101. The number of benzene rings is 2. The molecule has 0 bridgehead atoms. The molecule has 0 spiro atoms. The summed E-state index contributed by atoms with van der Waals surface area (Å²) in [7, 11) is 0. The molecule has 9 heteroatoms. The molecule has 1 aliphatic heterocycles. The molecule has 2 heterocycles. The van der Waals surface area contributed by atoms with Gasteiger partial charge < -0.3 is 14.8 Å². The molecule has 0 aliphatic carbocycles. The van der Waals surface area contributed by atoms with Crippen LogP contribution in [0, 0.1) is 11.6 Å². The first-order valence-electron chi connectivity index (χ1n) is 7.70. The summed E-state index contributed by atoms with van der Waals surface area (Å²) in [5.74, 6) is -1.60. The van der Waals surface area contributed by atoms with E-state index >= 15 is 0 Å². The maximum absolute atomic E-state index is 13.7. The molecule has 0 saturated carbocycles. The summed E-state index contributed by atoms with van der Waals surface area (Å²) in [5.41, 5.74) is 0.543. The number of carbonyl (C=O) groups is 1. The molecule has 1 N–H and O–H groups in total. The number of nitrogens with zero attached hydrogens (tertiary/aromatic N) is 2. The number of amides is 1. The van der Waals surface area contributed by atoms with Crippen molar-refractivity contribution in [3.63, 3.8) is 0 Å². The van der Waals surface area contributed by atoms with Crippen molar-refractivity contribution in [2.24, 2.45) is 0 Å². The van der Waals surface area contributed by atoms with Crippen LogP contribution in [-0.4, -0.2) is 22.7 Å². The second-order valence-corrected chi connectivity index (χ2v) is 6.38. The van der Waals surface area contributed by atoms with E-state index < -0.39 is 23.1 Å². The topological polar surface area (TPSA) is 73.3 Å². The normalized spacial score (nSPS) is 12.1. The fourth-order valence-corrected chi connectivity index (χ4v) is 3.06. The summed E-state index contributed by atoms with van der Waals surface area (Å²) < 4.78 is 38.7. The number of ether oxygens (including phenoxy) is 2. The number of nitrogens with one attached hydrogen (secondary N) is 1. The Morgan fingerprint density at radius 3 is 2.44 bits per heavy atom. The van der Waals surface area contributed by atoms with Crippen molar-refractivity contribution in [3.8, 4) is 22.8 Å². The molecule has 0 fully saturated rings. The third-order valence-electron chi connectivity index (χ3n) is 3.82. The Hall–Kier alpha value is -3.07. The van der Waals surface area contributed by atoms with Gasteiger partial charge in [-0.3, -0.25) is 9.78 Å². The van der Waals surface area contributed by atoms with Gasteiger partial charge in [0.1, 0.15) is 17.2 Å². The number of halogens is 3. The number of fused-ring (bicyclic) bond motifs is 1. The minimum atomic E-state index is -0.957. The maximum atomic E-state index is 13.7. The summed E-state index contributed by atoms with van der Waals surface area (Å²) in [6, 6.07) is 6.70. The predicted octanol–water partition coefficient (Wildman–Crippen LogP) is 4.17. The van der Waals surface area contributed by atoms with Gasteiger partial charge in [-0.25, -0.2) is 13.8 Å². The Kier molecular flexibility index (Phi) is 4.44. The molecular formula is C18H10BrF2N3O3. The molecule has 0 unspecified atom stereocenters. The summed E-state index contributed by atoms with van der Waals surface area (Å²) in [4.78, 5) is 20.4. The fourth-order valence-electron chi connectivity index (χ4n) is 2.54. The van der Waals surface area contributed by atoms with Crippen LogP contribution in [0.15, 0.2) is 47.2 Å². The van der Waals surface area contributed by atoms with Gasteiger partial charge in [0.15, 0.2) is 17.3 Å². The van der Waals surface area contributed by atoms with Crippen LogP contribution < -0.4 is 14.8 Å². The average molecular weight is 434 g/mol. The van der Waals surface area contributed by atoms with Crippen molar-refractivity contribution in [2.45, 2.75) is 0 Å². The number of rotatable bonds is 3. The van der Waals surface area contributed by atoms with Crippen LogP contribution in [0.1, 0.15) is 10.4 Å². The molecule has 6 nitrogen and oxygen atoms in total. The van der Waals surface area contributed by atoms with E-state index in [9.17, 15) is 13.6 Å². The highest BCUT2D eigenvalue weighted by molar-refractivity contribution is 9.10. The quantitative estimate of drug-likeness (QED) is 0.670. The predicted molar refractivity (Wildman–Crippen MR) is 95.6 cm³/mol. The van der Waals surface area contributed by atoms with Crippen LogP contribution in [0.3, 0.4) is 0 Å². The van der Waals surface area contributed by atoms with Gasteiger partial charge in [-0.1, -0.05) is 6.07 Å². The van der Waals surface area contributed by atoms with E-state index in [1.165, 1.54) is 18.5 Å². The smallest absolute Gasteiger partial charge is 0.262 e. The molecule has 2 aromatic carbocycles. The minimum Gasteiger partial charge on any atom is -0.454 e. The van der Waals surface area contributed by atoms with Crippen molar-refractivity contribution in [1.29, 1.82) is 0 Å². The van der Waals surface area contributed by atoms with Gasteiger partial charge in [-0.2, -0.15) is 0 Å². The Morgan fingerprint density at radius 1 is 1.07 bits per heavy atom. The highest BCUT2D eigenvalue weighted by atomic mass is 79.9. The van der Waals surface area contributed by atoms with Crippen molar-refractivity contribution in [2.75, 3.05) is 12.1 Å². The fraction of sp³-hybridized carbons (Fsp3) is 0.0556. The zero-order chi connectivity index (χ0) is 19.0. The molecular weight excluding hydrogens is 424 g/mol. The molecule has 27 heavy (non-hydrogen) atoms. The van der Waals surface area contributed by atoms with E-state index in [4.69, 9.17) is 9.47 Å². The lowest BCUT2D eigenvalue weighted by Gasteiger charge is -2.08. The van der Waals surface area contributed by atoms with Crippen LogP contribution in [-0.2, 0) is 0 Å². The van der Waals surface area contributed by atoms with Crippen LogP contribution in [0.4, 0.5) is 14.6 Å². The van der Waals surface area contributed by atoms with Gasteiger partial charge in [0.25, 0.3) is 5.91 Å². The summed E-state index contributed by atoms with van der Waals surface area (Å²) in [6.07, 6.45) is 2.72. The van der Waals surface area contributed by atoms with E-state index in [0.717, 1.165) is 16.6 Å². The highest BCUT2D eigenvalue weighted by Crippen LogP contribution is 2.40. The number of carbonyl (C=O) groups excluding carboxylic acids is 1. The number of hydrogen-bond donors (Lipinski definition) is 1. The Labute approximate surface area is 160 Å². The van der Waals surface area contributed by atoms with Crippen molar-refractivity contribution in [1.82, 2.24) is 9.97 Å².